The van der Waals surface area contributed by atoms with Gasteiger partial charge in [-0.05, 0) is 18.6 Å². The second-order valence-corrected chi connectivity index (χ2v) is 5.27. The van der Waals surface area contributed by atoms with E-state index in [0.717, 1.165) is 12.1 Å². The molecule has 0 N–H and O–H groups in total. The summed E-state index contributed by atoms with van der Waals surface area (Å²) in [6.45, 7) is 0. The summed E-state index contributed by atoms with van der Waals surface area (Å²) in [5.41, 5.74) is 1.54. The first-order valence-corrected chi connectivity index (χ1v) is 6.51. The molecule has 0 amide bonds. The molecule has 3 rings (SSSR count). The molecule has 18 heavy (non-hydrogen) atoms. The van der Waals surface area contributed by atoms with Crippen molar-refractivity contribution in [3.05, 3.63) is 51.4 Å². The minimum absolute atomic E-state index is 0.00608. The van der Waals surface area contributed by atoms with Crippen molar-refractivity contribution in [2.75, 3.05) is 0 Å². The SMILES string of the molecule is ClC1=CCC(c2cc(Cl)n3nccc3n2)C(Cl)=C1. The van der Waals surface area contributed by atoms with Crippen LogP contribution in [0.15, 0.2) is 40.5 Å². The Kier molecular flexibility index (Phi) is 3.06. The Bertz CT molecular complexity index is 672. The van der Waals surface area contributed by atoms with Crippen molar-refractivity contribution < 1.29 is 0 Å². The minimum Gasteiger partial charge on any atom is -0.233 e. The molecule has 92 valence electrons. The van der Waals surface area contributed by atoms with Crippen LogP contribution in [0.2, 0.25) is 5.15 Å². The lowest BCUT2D eigenvalue weighted by molar-refractivity contribution is 0.790. The molecule has 1 unspecified atom stereocenters. The van der Waals surface area contributed by atoms with Crippen LogP contribution in [0.1, 0.15) is 18.0 Å². The van der Waals surface area contributed by atoms with Gasteiger partial charge in [-0.2, -0.15) is 5.10 Å². The Balaban J connectivity index is 2.08. The van der Waals surface area contributed by atoms with Crippen molar-refractivity contribution >= 4 is 40.4 Å². The zero-order valence-electron chi connectivity index (χ0n) is 9.15. The maximum absolute atomic E-state index is 6.22. The lowest BCUT2D eigenvalue weighted by atomic mass is 9.96. The predicted molar refractivity (Wildman–Crippen MR) is 73.2 cm³/mol. The first-order valence-electron chi connectivity index (χ1n) is 5.38. The maximum atomic E-state index is 6.22. The topological polar surface area (TPSA) is 30.2 Å². The molecule has 0 bridgehead atoms. The van der Waals surface area contributed by atoms with Crippen molar-refractivity contribution in [1.82, 2.24) is 14.6 Å². The highest BCUT2D eigenvalue weighted by Crippen LogP contribution is 2.36. The van der Waals surface area contributed by atoms with E-state index in [4.69, 9.17) is 34.8 Å². The zero-order valence-corrected chi connectivity index (χ0v) is 11.4. The molecular weight excluding hydrogens is 293 g/mol. The second-order valence-electron chi connectivity index (χ2n) is 4.01. The number of nitrogens with zero attached hydrogens (tertiary/aromatic N) is 3. The van der Waals surface area contributed by atoms with Gasteiger partial charge in [-0.3, -0.25) is 0 Å². The Morgan fingerprint density at radius 1 is 1.28 bits per heavy atom. The summed E-state index contributed by atoms with van der Waals surface area (Å²) in [4.78, 5) is 4.51. The molecule has 0 radical (unpaired) electrons. The molecule has 0 aliphatic heterocycles. The number of aromatic nitrogens is 3. The Hall–Kier alpha value is -1.03. The molecule has 3 nitrogen and oxygen atoms in total. The second kappa shape index (κ2) is 4.57. The number of hydrogen-bond donors (Lipinski definition) is 0. The fourth-order valence-corrected chi connectivity index (χ4v) is 2.79. The highest BCUT2D eigenvalue weighted by atomic mass is 35.5. The van der Waals surface area contributed by atoms with E-state index in [-0.39, 0.29) is 5.92 Å². The van der Waals surface area contributed by atoms with Crippen LogP contribution in [0.4, 0.5) is 0 Å². The number of fused-ring (bicyclic) bond motifs is 1. The summed E-state index contributed by atoms with van der Waals surface area (Å²) in [5.74, 6) is 0.00608. The first kappa shape index (κ1) is 12.0. The molecule has 1 aliphatic rings. The molecule has 1 aliphatic carbocycles. The molecule has 0 saturated heterocycles. The van der Waals surface area contributed by atoms with Crippen LogP contribution in [-0.2, 0) is 0 Å². The van der Waals surface area contributed by atoms with E-state index >= 15 is 0 Å². The Labute approximate surface area is 119 Å². The molecule has 0 spiro atoms. The molecule has 2 heterocycles. The van der Waals surface area contributed by atoms with Crippen LogP contribution in [0.5, 0.6) is 0 Å². The largest absolute Gasteiger partial charge is 0.233 e. The van der Waals surface area contributed by atoms with E-state index < -0.39 is 0 Å². The Morgan fingerprint density at radius 3 is 2.89 bits per heavy atom. The Morgan fingerprint density at radius 2 is 2.11 bits per heavy atom. The molecule has 6 heteroatoms. The number of halogens is 3. The van der Waals surface area contributed by atoms with E-state index in [0.29, 0.717) is 20.9 Å². The summed E-state index contributed by atoms with van der Waals surface area (Å²) in [7, 11) is 0. The van der Waals surface area contributed by atoms with Gasteiger partial charge in [0.1, 0.15) is 5.15 Å². The molecule has 2 aromatic rings. The normalized spacial score (nSPS) is 19.8. The minimum atomic E-state index is 0.00608. The van der Waals surface area contributed by atoms with Gasteiger partial charge in [0, 0.05) is 22.0 Å². The van der Waals surface area contributed by atoms with Gasteiger partial charge in [0.05, 0.1) is 11.9 Å². The van der Waals surface area contributed by atoms with E-state index in [1.807, 2.05) is 6.08 Å². The fraction of sp³-hybridized carbons (Fsp3) is 0.167. The van der Waals surface area contributed by atoms with Crippen LogP contribution < -0.4 is 0 Å². The number of hydrogen-bond acceptors (Lipinski definition) is 2. The molecular formula is C12H8Cl3N3. The molecule has 0 aromatic carbocycles. The van der Waals surface area contributed by atoms with Gasteiger partial charge in [-0.25, -0.2) is 9.50 Å². The summed E-state index contributed by atoms with van der Waals surface area (Å²) in [6.07, 6.45) is 6.05. The molecule has 0 saturated carbocycles. The molecule has 0 fully saturated rings. The van der Waals surface area contributed by atoms with Crippen LogP contribution in [0.25, 0.3) is 5.65 Å². The van der Waals surface area contributed by atoms with Gasteiger partial charge in [0.15, 0.2) is 5.65 Å². The smallest absolute Gasteiger partial charge is 0.156 e. The number of allylic oxidation sites excluding steroid dienone is 4. The number of rotatable bonds is 1. The predicted octanol–water partition coefficient (Wildman–Crippen LogP) is 4.12. The lowest BCUT2D eigenvalue weighted by Crippen LogP contribution is -2.06. The average molecular weight is 301 g/mol. The molecule has 1 atom stereocenters. The van der Waals surface area contributed by atoms with Gasteiger partial charge < -0.3 is 0 Å². The summed E-state index contributed by atoms with van der Waals surface area (Å²) in [6, 6.07) is 3.59. The summed E-state index contributed by atoms with van der Waals surface area (Å²) >= 11 is 18.3. The van der Waals surface area contributed by atoms with Crippen LogP contribution >= 0.6 is 34.8 Å². The maximum Gasteiger partial charge on any atom is 0.156 e. The van der Waals surface area contributed by atoms with Crippen molar-refractivity contribution in [3.63, 3.8) is 0 Å². The van der Waals surface area contributed by atoms with Gasteiger partial charge >= 0.3 is 0 Å². The standard InChI is InChI=1S/C12H8Cl3N3/c13-7-1-2-8(9(14)5-7)10-6-11(15)18-12(17-10)3-4-16-18/h1,3-6,8H,2H2. The first-order chi connectivity index (χ1) is 8.65. The third kappa shape index (κ3) is 2.03. The van der Waals surface area contributed by atoms with Crippen molar-refractivity contribution in [1.29, 1.82) is 0 Å². The highest BCUT2D eigenvalue weighted by molar-refractivity contribution is 6.35. The van der Waals surface area contributed by atoms with E-state index in [2.05, 4.69) is 10.1 Å². The van der Waals surface area contributed by atoms with E-state index in [1.165, 1.54) is 0 Å². The monoisotopic (exact) mass is 299 g/mol. The summed E-state index contributed by atoms with van der Waals surface area (Å²) < 4.78 is 1.58. The van der Waals surface area contributed by atoms with Crippen LogP contribution in [0.3, 0.4) is 0 Å². The van der Waals surface area contributed by atoms with Crippen LogP contribution in [-0.4, -0.2) is 14.6 Å². The van der Waals surface area contributed by atoms with Crippen LogP contribution in [0, 0.1) is 0 Å². The highest BCUT2D eigenvalue weighted by Gasteiger charge is 2.21. The van der Waals surface area contributed by atoms with Crippen molar-refractivity contribution in [2.45, 2.75) is 12.3 Å². The van der Waals surface area contributed by atoms with Crippen molar-refractivity contribution in [2.24, 2.45) is 0 Å². The van der Waals surface area contributed by atoms with E-state index in [1.54, 1.807) is 28.9 Å². The van der Waals surface area contributed by atoms with E-state index in [9.17, 15) is 0 Å². The van der Waals surface area contributed by atoms with Gasteiger partial charge in [-0.15, -0.1) is 0 Å². The molecule has 2 aromatic heterocycles. The summed E-state index contributed by atoms with van der Waals surface area (Å²) in [5, 5.41) is 5.93. The fourth-order valence-electron chi connectivity index (χ4n) is 1.97. The third-order valence-electron chi connectivity index (χ3n) is 2.85. The van der Waals surface area contributed by atoms with Gasteiger partial charge in [0.25, 0.3) is 0 Å². The zero-order chi connectivity index (χ0) is 12.7. The van der Waals surface area contributed by atoms with Gasteiger partial charge in [0.2, 0.25) is 0 Å². The van der Waals surface area contributed by atoms with Gasteiger partial charge in [-0.1, -0.05) is 40.9 Å². The quantitative estimate of drug-likeness (QED) is 0.742. The lowest BCUT2D eigenvalue weighted by Gasteiger charge is -2.18. The van der Waals surface area contributed by atoms with Crippen molar-refractivity contribution in [3.8, 4) is 0 Å². The average Bonchev–Trinajstić information content (AvgIpc) is 2.77. The third-order valence-corrected chi connectivity index (χ3v) is 3.76.